The van der Waals surface area contributed by atoms with Gasteiger partial charge >= 0.3 is 0 Å². The Hall–Kier alpha value is -0.580. The van der Waals surface area contributed by atoms with E-state index in [0.29, 0.717) is 12.0 Å². The molecule has 0 fully saturated rings. The molecule has 0 heterocycles. The van der Waals surface area contributed by atoms with Gasteiger partial charge in [-0.3, -0.25) is 9.11 Å². The van der Waals surface area contributed by atoms with Gasteiger partial charge in [-0.15, -0.1) is 0 Å². The highest BCUT2D eigenvalue weighted by Crippen LogP contribution is 2.45. The number of halogens is 1. The second-order valence-electron chi connectivity index (χ2n) is 3.06. The largest absolute Gasteiger partial charge is 0.295 e. The van der Waals surface area contributed by atoms with Gasteiger partial charge in [0.1, 0.15) is 5.83 Å². The fraction of sp³-hybridized carbons (Fsp3) is 0.333. The Morgan fingerprint density at radius 1 is 1.38 bits per heavy atom. The van der Waals surface area contributed by atoms with E-state index in [4.69, 9.17) is 0 Å². The minimum Gasteiger partial charge on any atom is -0.295 e. The number of hydrogen-bond acceptors (Lipinski definition) is 2. The van der Waals surface area contributed by atoms with Crippen molar-refractivity contribution in [2.24, 2.45) is 0 Å². The van der Waals surface area contributed by atoms with Gasteiger partial charge in [0.05, 0.1) is 4.91 Å². The molecule has 0 radical (unpaired) electrons. The van der Waals surface area contributed by atoms with Crippen LogP contribution in [0.15, 0.2) is 34.5 Å². The summed E-state index contributed by atoms with van der Waals surface area (Å²) < 4.78 is 31.8. The van der Waals surface area contributed by atoms with E-state index in [-0.39, 0.29) is 4.91 Å². The lowest BCUT2D eigenvalue weighted by Crippen LogP contribution is -1.96. The summed E-state index contributed by atoms with van der Waals surface area (Å²) in [4.78, 5) is 0.276. The van der Waals surface area contributed by atoms with E-state index in [9.17, 15) is 13.5 Å². The van der Waals surface area contributed by atoms with Crippen LogP contribution in [0.2, 0.25) is 0 Å². The average molecular weight is 204 g/mol. The summed E-state index contributed by atoms with van der Waals surface area (Å²) >= 11 is 0. The zero-order valence-corrected chi connectivity index (χ0v) is 8.44. The van der Waals surface area contributed by atoms with E-state index in [2.05, 4.69) is 0 Å². The van der Waals surface area contributed by atoms with Crippen LogP contribution >= 0.6 is 10.6 Å². The molecule has 1 rings (SSSR count). The van der Waals surface area contributed by atoms with Gasteiger partial charge in [-0.1, -0.05) is 12.2 Å². The molecule has 0 aromatic heterocycles. The van der Waals surface area contributed by atoms with Crippen LogP contribution in [0, 0.1) is 0 Å². The van der Waals surface area contributed by atoms with Crippen LogP contribution in [-0.4, -0.2) is 15.4 Å². The highest BCUT2D eigenvalue weighted by Gasteiger charge is 2.13. The molecule has 1 aliphatic carbocycles. The minimum atomic E-state index is -2.79. The highest BCUT2D eigenvalue weighted by molar-refractivity contribution is 8.27. The van der Waals surface area contributed by atoms with Crippen molar-refractivity contribution in [3.05, 3.63) is 34.5 Å². The van der Waals surface area contributed by atoms with E-state index in [0.717, 1.165) is 0 Å². The summed E-state index contributed by atoms with van der Waals surface area (Å²) in [6.45, 7) is 1.66. The number of rotatable bonds is 1. The van der Waals surface area contributed by atoms with E-state index in [1.807, 2.05) is 0 Å². The monoisotopic (exact) mass is 204 g/mol. The van der Waals surface area contributed by atoms with Crippen LogP contribution < -0.4 is 0 Å². The molecule has 0 aromatic carbocycles. The van der Waals surface area contributed by atoms with Gasteiger partial charge in [-0.2, -0.15) is 10.6 Å². The van der Waals surface area contributed by atoms with E-state index in [1.54, 1.807) is 19.1 Å². The second kappa shape index (κ2) is 3.65. The molecule has 0 aliphatic heterocycles. The predicted molar refractivity (Wildman–Crippen MR) is 54.4 cm³/mol. The Bertz CT molecular complexity index is 297. The van der Waals surface area contributed by atoms with Crippen LogP contribution in [0.25, 0.3) is 0 Å². The van der Waals surface area contributed by atoms with Gasteiger partial charge in [-0.25, -0.2) is 4.39 Å². The molecule has 0 spiro atoms. The standard InChI is InChI=1S/C9H13FO2S/c1-7-4-3-5-8(6-9(7)10)13(2,11)12/h4-6,11-12H,3H2,1-2H3. The van der Waals surface area contributed by atoms with Crippen molar-refractivity contribution >= 4 is 10.6 Å². The third-order valence-electron chi connectivity index (χ3n) is 1.84. The SMILES string of the molecule is CC1=CCC=C(S(C)(O)O)C=C1F. The lowest BCUT2D eigenvalue weighted by atomic mass is 10.2. The molecule has 1 aliphatic rings. The summed E-state index contributed by atoms with van der Waals surface area (Å²) in [5.41, 5.74) is 0.537. The molecule has 2 N–H and O–H groups in total. The highest BCUT2D eigenvalue weighted by atomic mass is 32.3. The molecule has 0 amide bonds. The molecular weight excluding hydrogens is 191 g/mol. The second-order valence-corrected chi connectivity index (χ2v) is 5.19. The van der Waals surface area contributed by atoms with Crippen molar-refractivity contribution in [3.63, 3.8) is 0 Å². The lowest BCUT2D eigenvalue weighted by Gasteiger charge is -2.27. The van der Waals surface area contributed by atoms with Gasteiger partial charge in [-0.05, 0) is 25.0 Å². The molecule has 13 heavy (non-hydrogen) atoms. The van der Waals surface area contributed by atoms with Crippen molar-refractivity contribution in [1.29, 1.82) is 0 Å². The average Bonchev–Trinajstić information content (AvgIpc) is 2.13. The molecule has 0 bridgehead atoms. The van der Waals surface area contributed by atoms with Crippen molar-refractivity contribution in [2.75, 3.05) is 6.26 Å². The fourth-order valence-electron chi connectivity index (χ4n) is 1.02. The smallest absolute Gasteiger partial charge is 0.127 e. The first-order valence-corrected chi connectivity index (χ1v) is 5.84. The number of allylic oxidation sites excluding steroid dienone is 5. The maximum Gasteiger partial charge on any atom is 0.127 e. The van der Waals surface area contributed by atoms with Crippen molar-refractivity contribution in [2.45, 2.75) is 13.3 Å². The topological polar surface area (TPSA) is 40.5 Å². The normalized spacial score (nSPS) is 19.9. The molecule has 74 valence electrons. The minimum absolute atomic E-state index is 0.276. The van der Waals surface area contributed by atoms with Crippen molar-refractivity contribution in [3.8, 4) is 0 Å². The first kappa shape index (κ1) is 10.5. The first-order valence-electron chi connectivity index (χ1n) is 3.89. The van der Waals surface area contributed by atoms with E-state index in [1.165, 1.54) is 12.3 Å². The molecule has 0 atom stereocenters. The maximum absolute atomic E-state index is 13.2. The Morgan fingerprint density at radius 3 is 2.54 bits per heavy atom. The molecular formula is C9H13FO2S. The van der Waals surface area contributed by atoms with Gasteiger partial charge < -0.3 is 0 Å². The van der Waals surface area contributed by atoms with Crippen LogP contribution in [0.4, 0.5) is 4.39 Å². The third-order valence-corrected chi connectivity index (χ3v) is 3.01. The van der Waals surface area contributed by atoms with Gasteiger partial charge in [0.15, 0.2) is 0 Å². The summed E-state index contributed by atoms with van der Waals surface area (Å²) in [5, 5.41) is 0. The molecule has 0 aromatic rings. The molecule has 0 saturated heterocycles. The van der Waals surface area contributed by atoms with E-state index >= 15 is 0 Å². The lowest BCUT2D eigenvalue weighted by molar-refractivity contribution is 0.504. The molecule has 4 heteroatoms. The molecule has 2 nitrogen and oxygen atoms in total. The van der Waals surface area contributed by atoms with E-state index < -0.39 is 16.4 Å². The van der Waals surface area contributed by atoms with Crippen LogP contribution in [0.3, 0.4) is 0 Å². The first-order chi connectivity index (χ1) is 5.91. The summed E-state index contributed by atoms with van der Waals surface area (Å²) in [5.74, 6) is -0.398. The van der Waals surface area contributed by atoms with Crippen LogP contribution in [-0.2, 0) is 0 Å². The Kier molecular flexibility index (Phi) is 2.95. The van der Waals surface area contributed by atoms with Gasteiger partial charge in [0.2, 0.25) is 0 Å². The fourth-order valence-corrected chi connectivity index (χ4v) is 1.76. The summed E-state index contributed by atoms with van der Waals surface area (Å²) in [7, 11) is -2.79. The Morgan fingerprint density at radius 2 is 2.00 bits per heavy atom. The van der Waals surface area contributed by atoms with Gasteiger partial charge in [0, 0.05) is 6.26 Å². The van der Waals surface area contributed by atoms with Gasteiger partial charge in [0.25, 0.3) is 0 Å². The predicted octanol–water partition coefficient (Wildman–Crippen LogP) is 3.45. The quantitative estimate of drug-likeness (QED) is 0.686. The molecule has 0 unspecified atom stereocenters. The van der Waals surface area contributed by atoms with Crippen molar-refractivity contribution in [1.82, 2.24) is 0 Å². The molecule has 0 saturated carbocycles. The zero-order chi connectivity index (χ0) is 10.1. The summed E-state index contributed by atoms with van der Waals surface area (Å²) in [6.07, 6.45) is 6.36. The van der Waals surface area contributed by atoms with Crippen molar-refractivity contribution < 1.29 is 13.5 Å². The maximum atomic E-state index is 13.2. The number of hydrogen-bond donors (Lipinski definition) is 2. The zero-order valence-electron chi connectivity index (χ0n) is 7.62. The van der Waals surface area contributed by atoms with Crippen LogP contribution in [0.1, 0.15) is 13.3 Å². The summed E-state index contributed by atoms with van der Waals surface area (Å²) in [6, 6.07) is 0. The Labute approximate surface area is 78.8 Å². The third kappa shape index (κ3) is 2.69. The van der Waals surface area contributed by atoms with Crippen LogP contribution in [0.5, 0.6) is 0 Å². The Balaban J connectivity index is 3.00.